The standard InChI is InChI=1S/C44H40N8O10/c1-2-51(30-10-8-27(9-11-30)39-42(56)41(43(39)57)40-34(26-49)50-52(44(40)58)31-6-4-3-5-7-31)14-16-61-37(54)12-13-38(55)62-19-18-60-36-21-32(28(22-45)23-46)35(59-17-15-53)20-33(36)29(24-47)25-48/h8-11,20-21,31,53H,2-7,12-19H2,1H3,(H,56,57)/p+1. The first-order valence-corrected chi connectivity index (χ1v) is 19.7. The van der Waals surface area contributed by atoms with Crippen molar-refractivity contribution < 1.29 is 53.2 Å². The van der Waals surface area contributed by atoms with Gasteiger partial charge in [-0.3, -0.25) is 14.4 Å². The molecule has 0 aliphatic heterocycles. The van der Waals surface area contributed by atoms with Crippen LogP contribution in [0.3, 0.4) is 0 Å². The lowest BCUT2D eigenvalue weighted by Gasteiger charge is -2.24. The SMILES string of the molecule is CC[N+](CCOC(=O)CCC(=O)OCCOc1cc(=C(C#N)C#N)c(OCCO)cc1=C(C#N)C#N)=C1C=CC(=C2C(=O)C(c3c(C#N)nn(C4CCCCC4)c3O)=C2O)C=C1. The number of allylic oxidation sites excluding steroid dienone is 7. The van der Waals surface area contributed by atoms with Crippen LogP contribution in [0.25, 0.3) is 16.7 Å². The highest BCUT2D eigenvalue weighted by atomic mass is 16.6. The number of aliphatic hydroxyl groups excluding tert-OH is 2. The number of nitriles is 5. The van der Waals surface area contributed by atoms with Crippen LogP contribution < -0.4 is 19.9 Å². The second-order valence-electron chi connectivity index (χ2n) is 13.9. The van der Waals surface area contributed by atoms with Gasteiger partial charge in [0.2, 0.25) is 11.7 Å². The van der Waals surface area contributed by atoms with Crippen molar-refractivity contribution in [2.24, 2.45) is 0 Å². The summed E-state index contributed by atoms with van der Waals surface area (Å²) < 4.78 is 24.9. The fourth-order valence-corrected chi connectivity index (χ4v) is 7.09. The van der Waals surface area contributed by atoms with Gasteiger partial charge in [0.1, 0.15) is 91.7 Å². The van der Waals surface area contributed by atoms with Crippen LogP contribution >= 0.6 is 0 Å². The number of carbonyl (C=O) groups is 3. The molecule has 0 bridgehead atoms. The molecule has 0 saturated heterocycles. The van der Waals surface area contributed by atoms with Gasteiger partial charge in [0, 0.05) is 22.6 Å². The van der Waals surface area contributed by atoms with E-state index in [4.69, 9.17) is 18.9 Å². The Labute approximate surface area is 355 Å². The van der Waals surface area contributed by atoms with Gasteiger partial charge in [-0.1, -0.05) is 19.3 Å². The van der Waals surface area contributed by atoms with E-state index in [1.165, 1.54) is 16.8 Å². The van der Waals surface area contributed by atoms with E-state index < -0.39 is 17.7 Å². The molecule has 0 atom stereocenters. The van der Waals surface area contributed by atoms with Crippen LogP contribution in [0, 0.1) is 56.7 Å². The Hall–Kier alpha value is -7.98. The molecule has 0 unspecified atom stereocenters. The highest BCUT2D eigenvalue weighted by Gasteiger charge is 2.41. The topological polar surface area (TPSA) is 289 Å². The number of aliphatic hydroxyl groups is 2. The number of aromatic hydroxyl groups is 1. The van der Waals surface area contributed by atoms with E-state index in [1.807, 2.05) is 17.6 Å². The monoisotopic (exact) mass is 841 g/mol. The average molecular weight is 842 g/mol. The Morgan fingerprint density at radius 1 is 0.806 bits per heavy atom. The number of benzene rings is 1. The molecule has 2 aromatic rings. The van der Waals surface area contributed by atoms with E-state index in [0.29, 0.717) is 18.7 Å². The van der Waals surface area contributed by atoms with E-state index in [2.05, 4.69) is 5.10 Å². The zero-order chi connectivity index (χ0) is 44.8. The number of Topliss-reactive ketones (excluding diaryl/α,β-unsaturated/α-hetero) is 1. The highest BCUT2D eigenvalue weighted by Crippen LogP contribution is 2.44. The maximum atomic E-state index is 13.4. The van der Waals surface area contributed by atoms with Crippen LogP contribution in [0.2, 0.25) is 0 Å². The number of rotatable bonds is 16. The van der Waals surface area contributed by atoms with Crippen LogP contribution in [-0.4, -0.2) is 99.2 Å². The van der Waals surface area contributed by atoms with Crippen molar-refractivity contribution >= 4 is 40.2 Å². The predicted molar refractivity (Wildman–Crippen MR) is 215 cm³/mol. The number of aromatic nitrogens is 2. The van der Waals surface area contributed by atoms with Crippen LogP contribution in [0.4, 0.5) is 0 Å². The predicted octanol–water partition coefficient (Wildman–Crippen LogP) is 2.43. The lowest BCUT2D eigenvalue weighted by molar-refractivity contribution is -0.524. The van der Waals surface area contributed by atoms with Crippen LogP contribution in [0.15, 0.2) is 53.3 Å². The Morgan fingerprint density at radius 2 is 1.37 bits per heavy atom. The number of carbonyl (C=O) groups excluding carboxylic acids is 3. The molecule has 62 heavy (non-hydrogen) atoms. The van der Waals surface area contributed by atoms with E-state index >= 15 is 0 Å². The third kappa shape index (κ3) is 10.1. The Bertz CT molecular complexity index is 2610. The summed E-state index contributed by atoms with van der Waals surface area (Å²) >= 11 is 0. The molecule has 0 amide bonds. The fourth-order valence-electron chi connectivity index (χ4n) is 7.09. The molecule has 0 spiro atoms. The normalized spacial score (nSPS) is 14.4. The molecule has 1 saturated carbocycles. The van der Waals surface area contributed by atoms with Gasteiger partial charge in [0.25, 0.3) is 0 Å². The van der Waals surface area contributed by atoms with Crippen LogP contribution in [-0.2, 0) is 23.9 Å². The van der Waals surface area contributed by atoms with Crippen molar-refractivity contribution in [2.45, 2.75) is 57.9 Å². The molecule has 316 valence electrons. The van der Waals surface area contributed by atoms with Gasteiger partial charge in [-0.15, -0.1) is 0 Å². The van der Waals surface area contributed by atoms with Crippen molar-refractivity contribution in [3.63, 3.8) is 0 Å². The first-order valence-electron chi connectivity index (χ1n) is 19.7. The second-order valence-corrected chi connectivity index (χ2v) is 13.9. The van der Waals surface area contributed by atoms with Gasteiger partial charge in [0.05, 0.1) is 42.2 Å². The molecule has 1 aromatic carbocycles. The minimum atomic E-state index is -0.729. The number of ketones is 1. The quantitative estimate of drug-likeness (QED) is 0.0946. The van der Waals surface area contributed by atoms with Crippen molar-refractivity contribution in [3.05, 3.63) is 75.0 Å². The molecule has 0 radical (unpaired) electrons. The number of hydrogen-bond acceptors (Lipinski definition) is 16. The molecule has 3 aliphatic carbocycles. The summed E-state index contributed by atoms with van der Waals surface area (Å²) in [5, 5.41) is 82.9. The number of esters is 2. The Kier molecular flexibility index (Phi) is 15.5. The zero-order valence-electron chi connectivity index (χ0n) is 33.7. The lowest BCUT2D eigenvalue weighted by Crippen LogP contribution is -2.26. The van der Waals surface area contributed by atoms with E-state index in [1.54, 1.807) is 48.6 Å². The summed E-state index contributed by atoms with van der Waals surface area (Å²) in [7, 11) is 0. The summed E-state index contributed by atoms with van der Waals surface area (Å²) in [5.74, 6) is -2.64. The largest absolute Gasteiger partial charge is 0.506 e. The number of nitrogens with zero attached hydrogens (tertiary/aromatic N) is 8. The van der Waals surface area contributed by atoms with Gasteiger partial charge < -0.3 is 34.3 Å². The minimum Gasteiger partial charge on any atom is -0.506 e. The van der Waals surface area contributed by atoms with Crippen LogP contribution in [0.1, 0.15) is 69.2 Å². The molecular weight excluding hydrogens is 801 g/mol. The van der Waals surface area contributed by atoms with Crippen molar-refractivity contribution in [3.8, 4) is 47.7 Å². The Balaban J connectivity index is 1.12. The van der Waals surface area contributed by atoms with E-state index in [0.717, 1.165) is 37.8 Å². The fraction of sp³-hybridized carbons (Fsp3) is 0.364. The molecular formula is C44H41N8O10+. The first kappa shape index (κ1) is 45.1. The average Bonchev–Trinajstić information content (AvgIpc) is 3.61. The molecule has 3 aliphatic rings. The number of likely N-dealkylation sites (N-methyl/N-ethyl adjacent to an activating group) is 1. The van der Waals surface area contributed by atoms with E-state index in [-0.39, 0.29) is 119 Å². The maximum Gasteiger partial charge on any atom is 0.306 e. The summed E-state index contributed by atoms with van der Waals surface area (Å²) in [6, 6.07) is 11.2. The molecule has 3 N–H and O–H groups in total. The third-order valence-corrected chi connectivity index (χ3v) is 10.2. The van der Waals surface area contributed by atoms with Gasteiger partial charge in [0.15, 0.2) is 18.0 Å². The van der Waals surface area contributed by atoms with Crippen molar-refractivity contribution in [1.82, 2.24) is 9.78 Å². The maximum absolute atomic E-state index is 13.4. The summed E-state index contributed by atoms with van der Waals surface area (Å²) in [5.41, 5.74) is 0.171. The molecule has 1 aromatic heterocycles. The molecule has 1 heterocycles. The highest BCUT2D eigenvalue weighted by molar-refractivity contribution is 6.40. The van der Waals surface area contributed by atoms with Gasteiger partial charge >= 0.3 is 11.9 Å². The number of hydrogen-bond donors (Lipinski definition) is 3. The van der Waals surface area contributed by atoms with Crippen molar-refractivity contribution in [2.75, 3.05) is 46.1 Å². The van der Waals surface area contributed by atoms with Crippen LogP contribution in [0.5, 0.6) is 17.4 Å². The van der Waals surface area contributed by atoms with Gasteiger partial charge in [-0.2, -0.15) is 31.4 Å². The van der Waals surface area contributed by atoms with Gasteiger partial charge in [-0.05, 0) is 49.6 Å². The summed E-state index contributed by atoms with van der Waals surface area (Å²) in [6.45, 7) is 1.58. The number of ether oxygens (including phenoxy) is 4. The molecule has 18 nitrogen and oxygen atoms in total. The first-order chi connectivity index (χ1) is 30.0. The molecule has 1 fully saturated rings. The smallest absolute Gasteiger partial charge is 0.306 e. The lowest BCUT2D eigenvalue weighted by atomic mass is 9.80. The van der Waals surface area contributed by atoms with Crippen molar-refractivity contribution in [1.29, 1.82) is 26.3 Å². The summed E-state index contributed by atoms with van der Waals surface area (Å²) in [6.07, 6.45) is 10.8. The van der Waals surface area contributed by atoms with E-state index in [9.17, 15) is 56.0 Å². The zero-order valence-corrected chi connectivity index (χ0v) is 33.7. The summed E-state index contributed by atoms with van der Waals surface area (Å²) in [4.78, 5) is 38.2. The molecule has 5 rings (SSSR count). The second kappa shape index (κ2) is 21.3. The third-order valence-electron chi connectivity index (χ3n) is 10.2. The van der Waals surface area contributed by atoms with Gasteiger partial charge in [-0.25, -0.2) is 9.26 Å². The minimum absolute atomic E-state index is 0.00356. The molecule has 18 heteroatoms. The Morgan fingerprint density at radius 3 is 1.89 bits per heavy atom.